The van der Waals surface area contributed by atoms with Gasteiger partial charge >= 0.3 is 6.09 Å². The summed E-state index contributed by atoms with van der Waals surface area (Å²) >= 11 is 0. The third kappa shape index (κ3) is 4.86. The normalized spacial score (nSPS) is 20.0. The van der Waals surface area contributed by atoms with Crippen molar-refractivity contribution in [2.24, 2.45) is 5.92 Å². The second-order valence-electron chi connectivity index (χ2n) is 7.05. The van der Waals surface area contributed by atoms with Gasteiger partial charge in [0.05, 0.1) is 13.2 Å². The van der Waals surface area contributed by atoms with Gasteiger partial charge in [-0.1, -0.05) is 12.1 Å². The molecule has 5 nitrogen and oxygen atoms in total. The van der Waals surface area contributed by atoms with E-state index < -0.39 is 11.7 Å². The predicted octanol–water partition coefficient (Wildman–Crippen LogP) is 3.38. The molecule has 1 aromatic rings. The van der Waals surface area contributed by atoms with Gasteiger partial charge in [-0.15, -0.1) is 0 Å². The number of carbonyl (C=O) groups excluding carboxylic acids is 1. The standard InChI is InChI=1S/C18H27NO4/c1-18(2,3)23-17(21)19-11-5-6-14(12-19)16(20)13-7-9-15(22-4)10-8-13/h7-10,14,16,20H,5-6,11-12H2,1-4H3/t14-,16+/m1/s1. The third-order valence-corrected chi connectivity index (χ3v) is 4.01. The first kappa shape index (κ1) is 17.6. The number of piperidine rings is 1. The van der Waals surface area contributed by atoms with Crippen LogP contribution in [-0.4, -0.2) is 41.9 Å². The molecule has 2 atom stereocenters. The average molecular weight is 321 g/mol. The number of benzene rings is 1. The third-order valence-electron chi connectivity index (χ3n) is 4.01. The summed E-state index contributed by atoms with van der Waals surface area (Å²) in [5.41, 5.74) is 0.348. The van der Waals surface area contributed by atoms with Gasteiger partial charge in [-0.2, -0.15) is 0 Å². The minimum absolute atomic E-state index is 0.0182. The molecule has 1 heterocycles. The molecular weight excluding hydrogens is 294 g/mol. The Morgan fingerprint density at radius 3 is 2.52 bits per heavy atom. The van der Waals surface area contributed by atoms with Crippen molar-refractivity contribution in [2.75, 3.05) is 20.2 Å². The SMILES string of the molecule is COc1ccc([C@H](O)[C@@H]2CCCN(C(=O)OC(C)(C)C)C2)cc1. The van der Waals surface area contributed by atoms with Crippen molar-refractivity contribution in [3.8, 4) is 5.75 Å². The molecule has 0 spiro atoms. The molecule has 1 amide bonds. The van der Waals surface area contributed by atoms with Gasteiger partial charge in [-0.25, -0.2) is 4.79 Å². The average Bonchev–Trinajstić information content (AvgIpc) is 2.53. The summed E-state index contributed by atoms with van der Waals surface area (Å²) in [4.78, 5) is 13.9. The van der Waals surface area contributed by atoms with Crippen LogP contribution < -0.4 is 4.74 Å². The first-order valence-corrected chi connectivity index (χ1v) is 8.10. The van der Waals surface area contributed by atoms with Gasteiger partial charge in [0.15, 0.2) is 0 Å². The van der Waals surface area contributed by atoms with Gasteiger partial charge in [-0.05, 0) is 51.3 Å². The molecule has 0 bridgehead atoms. The minimum Gasteiger partial charge on any atom is -0.497 e. The smallest absolute Gasteiger partial charge is 0.410 e. The molecule has 1 saturated heterocycles. The Balaban J connectivity index is 2.00. The summed E-state index contributed by atoms with van der Waals surface area (Å²) in [6.45, 7) is 6.78. The fourth-order valence-electron chi connectivity index (χ4n) is 2.83. The first-order chi connectivity index (χ1) is 10.8. The molecule has 0 unspecified atom stereocenters. The topological polar surface area (TPSA) is 59.0 Å². The highest BCUT2D eigenvalue weighted by Gasteiger charge is 2.31. The van der Waals surface area contributed by atoms with Gasteiger partial charge in [0, 0.05) is 19.0 Å². The van der Waals surface area contributed by atoms with Crippen LogP contribution in [0.4, 0.5) is 4.79 Å². The zero-order chi connectivity index (χ0) is 17.0. The Morgan fingerprint density at radius 2 is 1.96 bits per heavy atom. The quantitative estimate of drug-likeness (QED) is 0.927. The summed E-state index contributed by atoms with van der Waals surface area (Å²) in [6, 6.07) is 7.42. The summed E-state index contributed by atoms with van der Waals surface area (Å²) in [5, 5.41) is 10.6. The Morgan fingerprint density at radius 1 is 1.30 bits per heavy atom. The van der Waals surface area contributed by atoms with Crippen molar-refractivity contribution in [3.05, 3.63) is 29.8 Å². The Kier molecular flexibility index (Phi) is 5.52. The van der Waals surface area contributed by atoms with Crippen LogP contribution in [0.25, 0.3) is 0 Å². The van der Waals surface area contributed by atoms with Gasteiger partial charge in [0.25, 0.3) is 0 Å². The van der Waals surface area contributed by atoms with Crippen molar-refractivity contribution in [2.45, 2.75) is 45.3 Å². The Labute approximate surface area is 138 Å². The fourth-order valence-corrected chi connectivity index (χ4v) is 2.83. The molecular formula is C18H27NO4. The van der Waals surface area contributed by atoms with E-state index in [0.717, 1.165) is 24.2 Å². The molecule has 23 heavy (non-hydrogen) atoms. The summed E-state index contributed by atoms with van der Waals surface area (Å²) < 4.78 is 10.6. The van der Waals surface area contributed by atoms with Crippen LogP contribution in [0.2, 0.25) is 0 Å². The predicted molar refractivity (Wildman–Crippen MR) is 88.5 cm³/mol. The second kappa shape index (κ2) is 7.21. The summed E-state index contributed by atoms with van der Waals surface area (Å²) in [7, 11) is 1.62. The number of methoxy groups -OCH3 is 1. The molecule has 1 aromatic carbocycles. The van der Waals surface area contributed by atoms with Crippen LogP contribution in [0.1, 0.15) is 45.3 Å². The van der Waals surface area contributed by atoms with Crippen LogP contribution in [-0.2, 0) is 4.74 Å². The van der Waals surface area contributed by atoms with E-state index in [9.17, 15) is 9.90 Å². The Bertz CT molecular complexity index is 521. The number of amides is 1. The summed E-state index contributed by atoms with van der Waals surface area (Å²) in [5.74, 6) is 0.782. The molecule has 128 valence electrons. The lowest BCUT2D eigenvalue weighted by molar-refractivity contribution is 0.00239. The summed E-state index contributed by atoms with van der Waals surface area (Å²) in [6.07, 6.45) is 0.874. The van der Waals surface area contributed by atoms with E-state index in [4.69, 9.17) is 9.47 Å². The lowest BCUT2D eigenvalue weighted by Gasteiger charge is -2.36. The zero-order valence-corrected chi connectivity index (χ0v) is 14.4. The van der Waals surface area contributed by atoms with Crippen molar-refractivity contribution in [3.63, 3.8) is 0 Å². The highest BCUT2D eigenvalue weighted by molar-refractivity contribution is 5.68. The van der Waals surface area contributed by atoms with Crippen molar-refractivity contribution in [1.82, 2.24) is 4.90 Å². The van der Waals surface area contributed by atoms with Crippen molar-refractivity contribution >= 4 is 6.09 Å². The highest BCUT2D eigenvalue weighted by atomic mass is 16.6. The number of nitrogens with zero attached hydrogens (tertiary/aromatic N) is 1. The lowest BCUT2D eigenvalue weighted by Crippen LogP contribution is -2.44. The number of carbonyl (C=O) groups is 1. The molecule has 0 saturated carbocycles. The molecule has 2 rings (SSSR count). The number of ether oxygens (including phenoxy) is 2. The van der Waals surface area contributed by atoms with Crippen LogP contribution in [0.3, 0.4) is 0 Å². The molecule has 0 aromatic heterocycles. The van der Waals surface area contributed by atoms with Gasteiger partial charge in [0.1, 0.15) is 11.4 Å². The molecule has 1 aliphatic heterocycles. The molecule has 1 fully saturated rings. The maximum atomic E-state index is 12.2. The highest BCUT2D eigenvalue weighted by Crippen LogP contribution is 2.31. The maximum Gasteiger partial charge on any atom is 0.410 e. The Hall–Kier alpha value is -1.75. The molecule has 1 N–H and O–H groups in total. The van der Waals surface area contributed by atoms with E-state index in [1.54, 1.807) is 12.0 Å². The lowest BCUT2D eigenvalue weighted by atomic mass is 9.88. The number of likely N-dealkylation sites (tertiary alicyclic amines) is 1. The largest absolute Gasteiger partial charge is 0.497 e. The monoisotopic (exact) mass is 321 g/mol. The maximum absolute atomic E-state index is 12.2. The van der Waals surface area contributed by atoms with Crippen LogP contribution in [0, 0.1) is 5.92 Å². The van der Waals surface area contributed by atoms with Crippen LogP contribution in [0.5, 0.6) is 5.75 Å². The van der Waals surface area contributed by atoms with E-state index in [1.165, 1.54) is 0 Å². The van der Waals surface area contributed by atoms with Crippen LogP contribution >= 0.6 is 0 Å². The van der Waals surface area contributed by atoms with Gasteiger partial charge in [-0.3, -0.25) is 0 Å². The number of hydrogen-bond donors (Lipinski definition) is 1. The van der Waals surface area contributed by atoms with E-state index >= 15 is 0 Å². The molecule has 1 aliphatic rings. The van der Waals surface area contributed by atoms with Gasteiger partial charge in [0.2, 0.25) is 0 Å². The molecule has 5 heteroatoms. The first-order valence-electron chi connectivity index (χ1n) is 8.10. The zero-order valence-electron chi connectivity index (χ0n) is 14.4. The fraction of sp³-hybridized carbons (Fsp3) is 0.611. The minimum atomic E-state index is -0.592. The number of hydrogen-bond acceptors (Lipinski definition) is 4. The van der Waals surface area contributed by atoms with E-state index in [1.807, 2.05) is 45.0 Å². The van der Waals surface area contributed by atoms with Crippen molar-refractivity contribution < 1.29 is 19.4 Å². The number of rotatable bonds is 3. The number of aliphatic hydroxyl groups is 1. The van der Waals surface area contributed by atoms with E-state index in [0.29, 0.717) is 13.1 Å². The van der Waals surface area contributed by atoms with E-state index in [-0.39, 0.29) is 12.0 Å². The van der Waals surface area contributed by atoms with Crippen molar-refractivity contribution in [1.29, 1.82) is 0 Å². The molecule has 0 aliphatic carbocycles. The second-order valence-corrected chi connectivity index (χ2v) is 7.05. The molecule has 0 radical (unpaired) electrons. The van der Waals surface area contributed by atoms with Gasteiger partial charge < -0.3 is 19.5 Å². The van der Waals surface area contributed by atoms with E-state index in [2.05, 4.69) is 0 Å². The van der Waals surface area contributed by atoms with Crippen LogP contribution in [0.15, 0.2) is 24.3 Å². The number of aliphatic hydroxyl groups excluding tert-OH is 1.